The molecule has 3 heterocycles. The van der Waals surface area contributed by atoms with E-state index in [1.165, 1.54) is 10.2 Å². The molecule has 0 fully saturated rings. The van der Waals surface area contributed by atoms with Gasteiger partial charge in [-0.25, -0.2) is 0 Å². The second-order valence-electron chi connectivity index (χ2n) is 5.83. The van der Waals surface area contributed by atoms with Crippen LogP contribution in [0.2, 0.25) is 0 Å². The fraction of sp³-hybridized carbons (Fsp3) is 0.235. The van der Waals surface area contributed by atoms with E-state index in [4.69, 9.17) is 0 Å². The van der Waals surface area contributed by atoms with Crippen molar-refractivity contribution in [3.8, 4) is 10.7 Å². The molecule has 2 N–H and O–H groups in total. The largest absolute Gasteiger partial charge is 0.383 e. The Bertz CT molecular complexity index is 854. The third-order valence-corrected chi connectivity index (χ3v) is 4.81. The van der Waals surface area contributed by atoms with Crippen molar-refractivity contribution in [2.24, 2.45) is 0 Å². The predicted octanol–water partition coefficient (Wildman–Crippen LogP) is 3.25. The van der Waals surface area contributed by atoms with Crippen LogP contribution in [0.3, 0.4) is 0 Å². The third kappa shape index (κ3) is 2.90. The molecule has 0 saturated heterocycles. The maximum Gasteiger partial charge on any atom is 0.252 e. The number of carbonyl (C=O) groups excluding carboxylic acids is 1. The Hall–Kier alpha value is -2.67. The van der Waals surface area contributed by atoms with E-state index in [0.717, 1.165) is 10.6 Å². The lowest BCUT2D eigenvalue weighted by molar-refractivity contribution is 0.0874. The van der Waals surface area contributed by atoms with Gasteiger partial charge in [0.25, 0.3) is 5.91 Å². The Balaban J connectivity index is 1.47. The molecule has 0 saturated carbocycles. The van der Waals surface area contributed by atoms with Crippen LogP contribution in [0, 0.1) is 6.92 Å². The number of aromatic nitrogens is 3. The molecule has 6 nitrogen and oxygen atoms in total. The van der Waals surface area contributed by atoms with Gasteiger partial charge in [0, 0.05) is 12.2 Å². The van der Waals surface area contributed by atoms with Gasteiger partial charge in [0.05, 0.1) is 17.3 Å². The van der Waals surface area contributed by atoms with Gasteiger partial charge in [-0.05, 0) is 30.5 Å². The molecule has 4 rings (SSSR count). The van der Waals surface area contributed by atoms with Crippen LogP contribution < -0.4 is 10.6 Å². The highest BCUT2D eigenvalue weighted by Gasteiger charge is 2.27. The number of aryl methyl sites for hydroxylation is 1. The fourth-order valence-electron chi connectivity index (χ4n) is 2.66. The van der Waals surface area contributed by atoms with Gasteiger partial charge in [0.1, 0.15) is 0 Å². The number of carbonyl (C=O) groups is 1. The predicted molar refractivity (Wildman–Crippen MR) is 95.7 cm³/mol. The summed E-state index contributed by atoms with van der Waals surface area (Å²) < 4.78 is 1.37. The number of benzene rings is 1. The van der Waals surface area contributed by atoms with Gasteiger partial charge in [-0.1, -0.05) is 23.8 Å². The van der Waals surface area contributed by atoms with Crippen molar-refractivity contribution in [3.63, 3.8) is 0 Å². The molecule has 0 radical (unpaired) electrons. The number of fused-ring (bicyclic) bond motifs is 1. The lowest BCUT2D eigenvalue weighted by atomic mass is 10.1. The van der Waals surface area contributed by atoms with Gasteiger partial charge in [0.15, 0.2) is 5.82 Å². The molecule has 0 aliphatic carbocycles. The maximum atomic E-state index is 12.3. The molecule has 122 valence electrons. The number of nitrogens with zero attached hydrogens (tertiary/aromatic N) is 3. The van der Waals surface area contributed by atoms with Crippen molar-refractivity contribution in [2.45, 2.75) is 19.4 Å². The molecule has 7 heteroatoms. The number of anilines is 2. The zero-order chi connectivity index (χ0) is 16.5. The van der Waals surface area contributed by atoms with Crippen LogP contribution in [-0.2, 0) is 0 Å². The minimum atomic E-state index is -0.0326. The van der Waals surface area contributed by atoms with E-state index in [2.05, 4.69) is 39.8 Å². The van der Waals surface area contributed by atoms with E-state index >= 15 is 0 Å². The zero-order valence-electron chi connectivity index (χ0n) is 13.2. The highest BCUT2D eigenvalue weighted by molar-refractivity contribution is 7.13. The molecule has 0 bridgehead atoms. The highest BCUT2D eigenvalue weighted by atomic mass is 32.1. The molecule has 3 aromatic rings. The first kappa shape index (κ1) is 14.9. The van der Waals surface area contributed by atoms with Crippen LogP contribution in [0.1, 0.15) is 16.8 Å². The normalized spacial score (nSPS) is 16.5. The number of hydrogen-bond acceptors (Lipinski definition) is 6. The summed E-state index contributed by atoms with van der Waals surface area (Å²) in [5, 5.41) is 13.0. The Kier molecular flexibility index (Phi) is 3.78. The summed E-state index contributed by atoms with van der Waals surface area (Å²) in [7, 11) is 0. The van der Waals surface area contributed by atoms with Crippen LogP contribution in [0.5, 0.6) is 0 Å². The summed E-state index contributed by atoms with van der Waals surface area (Å²) in [6, 6.07) is 12.1. The van der Waals surface area contributed by atoms with Crippen molar-refractivity contribution in [3.05, 3.63) is 47.3 Å². The molecule has 1 aliphatic rings. The molecule has 1 aromatic carbocycles. The van der Waals surface area contributed by atoms with Crippen LogP contribution in [0.4, 0.5) is 11.6 Å². The number of thiophene rings is 1. The topological polar surface area (TPSA) is 71.8 Å². The lowest BCUT2D eigenvalue weighted by Crippen LogP contribution is -2.38. The Labute approximate surface area is 143 Å². The zero-order valence-corrected chi connectivity index (χ0v) is 14.0. The summed E-state index contributed by atoms with van der Waals surface area (Å²) in [6.45, 7) is 2.71. The second kappa shape index (κ2) is 6.09. The van der Waals surface area contributed by atoms with Crippen LogP contribution in [0.15, 0.2) is 41.8 Å². The quantitative estimate of drug-likeness (QED) is 0.763. The van der Waals surface area contributed by atoms with Gasteiger partial charge in [-0.3, -0.25) is 4.79 Å². The van der Waals surface area contributed by atoms with E-state index in [9.17, 15) is 4.79 Å². The monoisotopic (exact) mass is 339 g/mol. The minimum Gasteiger partial charge on any atom is -0.383 e. The first-order chi connectivity index (χ1) is 11.7. The van der Waals surface area contributed by atoms with Crippen molar-refractivity contribution in [1.82, 2.24) is 14.8 Å². The molecule has 0 amide bonds. The second-order valence-corrected chi connectivity index (χ2v) is 6.78. The van der Waals surface area contributed by atoms with Crippen molar-refractivity contribution < 1.29 is 4.79 Å². The SMILES string of the molecule is Cc1ccc(NCC2CC(=O)n3nc(-c4cccs4)nc3N2)cc1. The number of nitrogens with one attached hydrogen (secondary N) is 2. The highest BCUT2D eigenvalue weighted by Crippen LogP contribution is 2.25. The standard InChI is InChI=1S/C17H17N5OS/c1-11-4-6-12(7-5-11)18-10-13-9-15(23)22-17(19-13)20-16(21-22)14-3-2-8-24-14/h2-8,13,18H,9-10H2,1H3,(H,19,20,21). The average molecular weight is 339 g/mol. The smallest absolute Gasteiger partial charge is 0.252 e. The van der Waals surface area contributed by atoms with Gasteiger partial charge >= 0.3 is 0 Å². The van der Waals surface area contributed by atoms with E-state index in [1.54, 1.807) is 11.3 Å². The summed E-state index contributed by atoms with van der Waals surface area (Å²) >= 11 is 1.56. The molecule has 24 heavy (non-hydrogen) atoms. The maximum absolute atomic E-state index is 12.3. The summed E-state index contributed by atoms with van der Waals surface area (Å²) in [5.41, 5.74) is 2.27. The first-order valence-corrected chi connectivity index (χ1v) is 8.68. The third-order valence-electron chi connectivity index (χ3n) is 3.94. The summed E-state index contributed by atoms with van der Waals surface area (Å²) in [6.07, 6.45) is 0.388. The molecule has 1 unspecified atom stereocenters. The van der Waals surface area contributed by atoms with Gasteiger partial charge in [-0.15, -0.1) is 16.4 Å². The Morgan fingerprint density at radius 2 is 2.17 bits per heavy atom. The van der Waals surface area contributed by atoms with Crippen molar-refractivity contribution in [2.75, 3.05) is 17.2 Å². The van der Waals surface area contributed by atoms with E-state index in [0.29, 0.717) is 24.7 Å². The van der Waals surface area contributed by atoms with Crippen molar-refractivity contribution >= 4 is 28.9 Å². The molecule has 1 aliphatic heterocycles. The van der Waals surface area contributed by atoms with Gasteiger partial charge in [-0.2, -0.15) is 9.67 Å². The van der Waals surface area contributed by atoms with Crippen LogP contribution >= 0.6 is 11.3 Å². The molecule has 0 spiro atoms. The van der Waals surface area contributed by atoms with E-state index < -0.39 is 0 Å². The first-order valence-electron chi connectivity index (χ1n) is 7.80. The lowest BCUT2D eigenvalue weighted by Gasteiger charge is -2.23. The van der Waals surface area contributed by atoms with E-state index in [1.807, 2.05) is 29.6 Å². The van der Waals surface area contributed by atoms with E-state index in [-0.39, 0.29) is 11.9 Å². The van der Waals surface area contributed by atoms with Gasteiger partial charge in [0.2, 0.25) is 5.95 Å². The number of hydrogen-bond donors (Lipinski definition) is 2. The van der Waals surface area contributed by atoms with Crippen molar-refractivity contribution in [1.29, 1.82) is 0 Å². The summed E-state index contributed by atoms with van der Waals surface area (Å²) in [5.74, 6) is 1.08. The van der Waals surface area contributed by atoms with Crippen LogP contribution in [0.25, 0.3) is 10.7 Å². The van der Waals surface area contributed by atoms with Crippen LogP contribution in [-0.4, -0.2) is 33.3 Å². The minimum absolute atomic E-state index is 0.00770. The number of rotatable bonds is 4. The Morgan fingerprint density at radius 1 is 1.33 bits per heavy atom. The molecule has 1 atom stereocenters. The molecular weight excluding hydrogens is 322 g/mol. The fourth-order valence-corrected chi connectivity index (χ4v) is 3.31. The average Bonchev–Trinajstić information content (AvgIpc) is 3.23. The molecular formula is C17H17N5OS. The molecule has 2 aromatic heterocycles. The Morgan fingerprint density at radius 3 is 2.92 bits per heavy atom. The summed E-state index contributed by atoms with van der Waals surface area (Å²) in [4.78, 5) is 17.8. The van der Waals surface area contributed by atoms with Gasteiger partial charge < -0.3 is 10.6 Å².